The van der Waals surface area contributed by atoms with Crippen LogP contribution in [0.5, 0.6) is 5.75 Å². The number of hydrogen-bond acceptors (Lipinski definition) is 4. The van der Waals surface area contributed by atoms with Gasteiger partial charge >= 0.3 is 11.9 Å². The quantitative estimate of drug-likeness (QED) is 0.399. The van der Waals surface area contributed by atoms with Crippen LogP contribution in [-0.2, 0) is 13.2 Å². The topological polar surface area (TPSA) is 49.1 Å². The molecule has 1 heterocycles. The second-order valence-electron chi connectivity index (χ2n) is 7.51. The van der Waals surface area contributed by atoms with E-state index >= 15 is 0 Å². The van der Waals surface area contributed by atoms with Gasteiger partial charge in [0, 0.05) is 17.5 Å². The van der Waals surface area contributed by atoms with Crippen LogP contribution in [0.25, 0.3) is 5.69 Å². The van der Waals surface area contributed by atoms with Gasteiger partial charge in [0.15, 0.2) is 11.9 Å². The first kappa shape index (κ1) is 22.7. The Kier molecular flexibility index (Phi) is 6.07. The largest absolute Gasteiger partial charge is 0.477 e. The lowest BCUT2D eigenvalue weighted by atomic mass is 10.1. The van der Waals surface area contributed by atoms with Crippen LogP contribution < -0.4 is 10.4 Å². The molecule has 0 aliphatic carbocycles. The van der Waals surface area contributed by atoms with Gasteiger partial charge in [-0.2, -0.15) is 17.9 Å². The van der Waals surface area contributed by atoms with Crippen molar-refractivity contribution in [2.24, 2.45) is 7.05 Å². The molecule has 1 atom stereocenters. The van der Waals surface area contributed by atoms with Crippen LogP contribution in [0, 0.1) is 6.92 Å². The van der Waals surface area contributed by atoms with Crippen molar-refractivity contribution in [3.8, 4) is 11.4 Å². The van der Waals surface area contributed by atoms with Gasteiger partial charge in [0.2, 0.25) is 0 Å². The molecule has 0 fully saturated rings. The van der Waals surface area contributed by atoms with Crippen molar-refractivity contribution in [2.45, 2.75) is 24.1 Å². The molecule has 4 rings (SSSR count). The van der Waals surface area contributed by atoms with Crippen molar-refractivity contribution in [1.29, 1.82) is 0 Å². The first-order valence-electron chi connectivity index (χ1n) is 10.00. The average molecular weight is 472 g/mol. The van der Waals surface area contributed by atoms with E-state index in [1.54, 1.807) is 19.2 Å². The molecule has 0 bridgehead atoms. The van der Waals surface area contributed by atoms with Crippen molar-refractivity contribution in [2.75, 3.05) is 0 Å². The molecule has 0 saturated heterocycles. The SMILES string of the molecule is Cc1cc(S)ccc1OC(c1ccccc1)c1nn(-c2ccc(C(F)(F)F)cc2)c(=O)n1C. The van der Waals surface area contributed by atoms with Crippen LogP contribution in [-0.4, -0.2) is 14.3 Å². The number of aromatic nitrogens is 3. The van der Waals surface area contributed by atoms with E-state index < -0.39 is 23.5 Å². The molecule has 0 radical (unpaired) electrons. The second-order valence-corrected chi connectivity index (χ2v) is 8.03. The zero-order chi connectivity index (χ0) is 23.8. The highest BCUT2D eigenvalue weighted by Gasteiger charge is 2.30. The minimum Gasteiger partial charge on any atom is -0.477 e. The summed E-state index contributed by atoms with van der Waals surface area (Å²) in [5, 5.41) is 4.44. The predicted molar refractivity (Wildman–Crippen MR) is 121 cm³/mol. The van der Waals surface area contributed by atoms with Gasteiger partial charge in [-0.05, 0) is 55.0 Å². The molecule has 0 aliphatic rings. The third-order valence-electron chi connectivity index (χ3n) is 5.19. The monoisotopic (exact) mass is 471 g/mol. The number of benzene rings is 3. The minimum absolute atomic E-state index is 0.220. The summed E-state index contributed by atoms with van der Waals surface area (Å²) >= 11 is 4.34. The van der Waals surface area contributed by atoms with Gasteiger partial charge in [-0.15, -0.1) is 17.7 Å². The summed E-state index contributed by atoms with van der Waals surface area (Å²) in [6.45, 7) is 1.89. The fourth-order valence-corrected chi connectivity index (χ4v) is 3.70. The van der Waals surface area contributed by atoms with Crippen molar-refractivity contribution < 1.29 is 17.9 Å². The first-order valence-corrected chi connectivity index (χ1v) is 10.4. The van der Waals surface area contributed by atoms with Gasteiger partial charge in [0.1, 0.15) is 5.75 Å². The molecular formula is C24H20F3N3O2S. The smallest absolute Gasteiger partial charge is 0.416 e. The van der Waals surface area contributed by atoms with E-state index in [-0.39, 0.29) is 5.69 Å². The number of halogens is 3. The molecular weight excluding hydrogens is 451 g/mol. The molecule has 0 amide bonds. The Morgan fingerprint density at radius 3 is 2.27 bits per heavy atom. The van der Waals surface area contributed by atoms with Crippen LogP contribution in [0.2, 0.25) is 0 Å². The minimum atomic E-state index is -4.47. The van der Waals surface area contributed by atoms with Crippen molar-refractivity contribution in [1.82, 2.24) is 14.3 Å². The number of aryl methyl sites for hydroxylation is 1. The number of thiol groups is 1. The average Bonchev–Trinajstić information content (AvgIpc) is 3.08. The number of rotatable bonds is 5. The van der Waals surface area contributed by atoms with Gasteiger partial charge in [-0.25, -0.2) is 4.79 Å². The van der Waals surface area contributed by atoms with Gasteiger partial charge < -0.3 is 4.74 Å². The molecule has 170 valence electrons. The first-order chi connectivity index (χ1) is 15.6. The molecule has 0 saturated carbocycles. The lowest BCUT2D eigenvalue weighted by molar-refractivity contribution is -0.137. The van der Waals surface area contributed by atoms with Crippen molar-refractivity contribution in [3.05, 3.63) is 106 Å². The van der Waals surface area contributed by atoms with Crippen LogP contribution in [0.4, 0.5) is 13.2 Å². The van der Waals surface area contributed by atoms with E-state index in [1.165, 1.54) is 16.7 Å². The normalized spacial score (nSPS) is 12.5. The highest BCUT2D eigenvalue weighted by Crippen LogP contribution is 2.31. The van der Waals surface area contributed by atoms with E-state index in [2.05, 4.69) is 17.7 Å². The summed E-state index contributed by atoms with van der Waals surface area (Å²) in [6, 6.07) is 19.0. The summed E-state index contributed by atoms with van der Waals surface area (Å²) in [5.74, 6) is 0.902. The lowest BCUT2D eigenvalue weighted by Crippen LogP contribution is -2.23. The Bertz CT molecular complexity index is 1330. The summed E-state index contributed by atoms with van der Waals surface area (Å²) in [4.78, 5) is 13.7. The van der Waals surface area contributed by atoms with Crippen molar-refractivity contribution in [3.63, 3.8) is 0 Å². The maximum atomic E-state index is 12.9. The molecule has 0 aliphatic heterocycles. The highest BCUT2D eigenvalue weighted by atomic mass is 32.1. The number of hydrogen-bond donors (Lipinski definition) is 1. The standard InChI is InChI=1S/C24H20F3N3O2S/c1-15-14-19(33)12-13-20(15)32-21(16-6-4-3-5-7-16)22-28-30(23(31)29(22)2)18-10-8-17(9-11-18)24(25,26)27/h3-14,21,33H,1-2H3. The van der Waals surface area contributed by atoms with Crippen molar-refractivity contribution >= 4 is 12.6 Å². The molecule has 4 aromatic rings. The molecule has 33 heavy (non-hydrogen) atoms. The highest BCUT2D eigenvalue weighted by molar-refractivity contribution is 7.80. The van der Waals surface area contributed by atoms with Crippen LogP contribution >= 0.6 is 12.6 Å². The molecule has 0 N–H and O–H groups in total. The Balaban J connectivity index is 1.79. The van der Waals surface area contributed by atoms with Gasteiger partial charge in [0.25, 0.3) is 0 Å². The second kappa shape index (κ2) is 8.82. The Morgan fingerprint density at radius 2 is 1.67 bits per heavy atom. The maximum Gasteiger partial charge on any atom is 0.416 e. The maximum absolute atomic E-state index is 12.9. The molecule has 1 aromatic heterocycles. The number of ether oxygens (including phenoxy) is 1. The summed E-state index contributed by atoms with van der Waals surface area (Å²) in [7, 11) is 1.55. The molecule has 9 heteroatoms. The zero-order valence-corrected chi connectivity index (χ0v) is 18.6. The van der Waals surface area contributed by atoms with E-state index in [1.807, 2.05) is 43.3 Å². The fourth-order valence-electron chi connectivity index (χ4n) is 3.43. The molecule has 3 aromatic carbocycles. The zero-order valence-electron chi connectivity index (χ0n) is 17.7. The van der Waals surface area contributed by atoms with Crippen LogP contribution in [0.3, 0.4) is 0 Å². The summed E-state index contributed by atoms with van der Waals surface area (Å²) in [5.41, 5.74) is 0.535. The Hall–Kier alpha value is -3.46. The Labute approximate surface area is 193 Å². The molecule has 5 nitrogen and oxygen atoms in total. The van der Waals surface area contributed by atoms with Gasteiger partial charge in [-0.1, -0.05) is 30.3 Å². The lowest BCUT2D eigenvalue weighted by Gasteiger charge is -2.20. The third-order valence-corrected chi connectivity index (χ3v) is 5.47. The number of nitrogens with zero attached hydrogens (tertiary/aromatic N) is 3. The summed E-state index contributed by atoms with van der Waals surface area (Å²) in [6.07, 6.45) is -5.20. The predicted octanol–water partition coefficient (Wildman–Crippen LogP) is 5.36. The van der Waals surface area contributed by atoms with E-state index in [0.717, 1.165) is 32.8 Å². The van der Waals surface area contributed by atoms with E-state index in [4.69, 9.17) is 4.74 Å². The molecule has 0 spiro atoms. The number of alkyl halides is 3. The Morgan fingerprint density at radius 1 is 1.00 bits per heavy atom. The van der Waals surface area contributed by atoms with E-state index in [0.29, 0.717) is 11.6 Å². The van der Waals surface area contributed by atoms with Gasteiger partial charge in [0.05, 0.1) is 11.3 Å². The summed E-state index contributed by atoms with van der Waals surface area (Å²) < 4.78 is 47.5. The molecule has 1 unspecified atom stereocenters. The van der Waals surface area contributed by atoms with Gasteiger partial charge in [-0.3, -0.25) is 4.57 Å². The van der Waals surface area contributed by atoms with E-state index in [9.17, 15) is 18.0 Å². The van der Waals surface area contributed by atoms with Crippen LogP contribution in [0.1, 0.15) is 28.6 Å². The third kappa shape index (κ3) is 4.68. The van der Waals surface area contributed by atoms with Crippen LogP contribution in [0.15, 0.2) is 82.5 Å². The fraction of sp³-hybridized carbons (Fsp3) is 0.167.